The molecule has 0 aliphatic carbocycles. The summed E-state index contributed by atoms with van der Waals surface area (Å²) >= 11 is 0. The Morgan fingerprint density at radius 1 is 1.07 bits per heavy atom. The fourth-order valence-electron chi connectivity index (χ4n) is 2.88. The van der Waals surface area contributed by atoms with E-state index >= 15 is 0 Å². The average Bonchev–Trinajstić information content (AvgIpc) is 2.69. The van der Waals surface area contributed by atoms with Crippen LogP contribution in [0.15, 0.2) is 65.8 Å². The van der Waals surface area contributed by atoms with Gasteiger partial charge in [-0.25, -0.2) is 4.98 Å². The smallest absolute Gasteiger partial charge is 0.219 e. The summed E-state index contributed by atoms with van der Waals surface area (Å²) in [7, 11) is 1.62. The van der Waals surface area contributed by atoms with Gasteiger partial charge in [-0.05, 0) is 49.2 Å². The minimum Gasteiger partial charge on any atom is -0.496 e. The molecular formula is C22H23N3O3. The van der Waals surface area contributed by atoms with Crippen molar-refractivity contribution in [2.45, 2.75) is 20.4 Å². The number of hydrogen-bond acceptors (Lipinski definition) is 5. The first-order valence-corrected chi connectivity index (χ1v) is 8.88. The van der Waals surface area contributed by atoms with E-state index in [1.54, 1.807) is 25.4 Å². The van der Waals surface area contributed by atoms with Gasteiger partial charge in [-0.2, -0.15) is 0 Å². The van der Waals surface area contributed by atoms with Gasteiger partial charge in [0, 0.05) is 23.4 Å². The molecule has 0 aliphatic heterocycles. The van der Waals surface area contributed by atoms with Crippen molar-refractivity contribution in [2.24, 2.45) is 4.99 Å². The van der Waals surface area contributed by atoms with Crippen LogP contribution in [-0.4, -0.2) is 23.1 Å². The lowest BCUT2D eigenvalue weighted by atomic mass is 10.1. The van der Waals surface area contributed by atoms with Crippen LogP contribution in [0.2, 0.25) is 0 Å². The van der Waals surface area contributed by atoms with Crippen molar-refractivity contribution in [1.82, 2.24) is 10.5 Å². The number of nitrogens with one attached hydrogen (secondary N) is 1. The standard InChI is InChI=1S/C22H23N3O3/c1-15-10-16(2)12-19(11-15)28-21-9-8-18(14-23-21)22(25-26)24-13-17-6-4-5-7-20(17)27-3/h4-12,14,26H,13H2,1-3H3,(H,24,25). The fraction of sp³-hybridized carbons (Fsp3) is 0.182. The van der Waals surface area contributed by atoms with Crippen molar-refractivity contribution < 1.29 is 14.7 Å². The zero-order valence-corrected chi connectivity index (χ0v) is 16.1. The van der Waals surface area contributed by atoms with Gasteiger partial charge in [-0.1, -0.05) is 24.3 Å². The zero-order valence-electron chi connectivity index (χ0n) is 16.1. The Morgan fingerprint density at radius 3 is 2.46 bits per heavy atom. The maximum absolute atomic E-state index is 9.48. The molecule has 6 nitrogen and oxygen atoms in total. The summed E-state index contributed by atoms with van der Waals surface area (Å²) < 4.78 is 11.1. The molecule has 0 saturated carbocycles. The van der Waals surface area contributed by atoms with E-state index in [0.717, 1.165) is 28.2 Å². The first kappa shape index (κ1) is 19.4. The van der Waals surface area contributed by atoms with Gasteiger partial charge in [0.25, 0.3) is 0 Å². The Balaban J connectivity index is 1.75. The van der Waals surface area contributed by atoms with Gasteiger partial charge in [0.15, 0.2) is 5.84 Å². The third-order valence-electron chi connectivity index (χ3n) is 4.13. The largest absolute Gasteiger partial charge is 0.496 e. The number of benzene rings is 2. The summed E-state index contributed by atoms with van der Waals surface area (Å²) in [6.45, 7) is 4.40. The second-order valence-electron chi connectivity index (χ2n) is 6.40. The molecule has 0 unspecified atom stereocenters. The first-order chi connectivity index (χ1) is 13.6. The van der Waals surface area contributed by atoms with Gasteiger partial charge in [0.2, 0.25) is 5.88 Å². The minimum atomic E-state index is 0.316. The number of hydroxylamine groups is 1. The van der Waals surface area contributed by atoms with Gasteiger partial charge < -0.3 is 9.47 Å². The number of methoxy groups -OCH3 is 1. The van der Waals surface area contributed by atoms with Crippen LogP contribution in [0.3, 0.4) is 0 Å². The number of rotatable bonds is 6. The van der Waals surface area contributed by atoms with E-state index in [1.165, 1.54) is 0 Å². The van der Waals surface area contributed by atoms with E-state index in [2.05, 4.69) is 21.5 Å². The highest BCUT2D eigenvalue weighted by Crippen LogP contribution is 2.22. The SMILES string of the molecule is COc1ccccc1CN=C(NO)c1ccc(Oc2cc(C)cc(C)c2)nc1. The van der Waals surface area contributed by atoms with Crippen molar-refractivity contribution in [1.29, 1.82) is 0 Å². The van der Waals surface area contributed by atoms with E-state index in [1.807, 2.05) is 50.2 Å². The van der Waals surface area contributed by atoms with E-state index < -0.39 is 0 Å². The molecule has 2 aromatic carbocycles. The molecule has 2 N–H and O–H groups in total. The van der Waals surface area contributed by atoms with Gasteiger partial charge in [-0.3, -0.25) is 15.7 Å². The monoisotopic (exact) mass is 377 g/mol. The minimum absolute atomic E-state index is 0.316. The molecule has 144 valence electrons. The van der Waals surface area contributed by atoms with Crippen LogP contribution in [0.25, 0.3) is 0 Å². The number of aryl methyl sites for hydroxylation is 2. The quantitative estimate of drug-likeness (QED) is 0.378. The van der Waals surface area contributed by atoms with Gasteiger partial charge in [0.05, 0.1) is 13.7 Å². The number of aromatic nitrogens is 1. The highest BCUT2D eigenvalue weighted by molar-refractivity contribution is 5.97. The lowest BCUT2D eigenvalue weighted by molar-refractivity contribution is 0.234. The number of amidine groups is 1. The Bertz CT molecular complexity index is 949. The molecule has 0 bridgehead atoms. The van der Waals surface area contributed by atoms with Gasteiger partial charge in [0.1, 0.15) is 11.5 Å². The summed E-state index contributed by atoms with van der Waals surface area (Å²) in [6, 6.07) is 17.1. The molecule has 6 heteroatoms. The molecular weight excluding hydrogens is 354 g/mol. The fourth-order valence-corrected chi connectivity index (χ4v) is 2.88. The van der Waals surface area contributed by atoms with Crippen LogP contribution in [0.1, 0.15) is 22.3 Å². The highest BCUT2D eigenvalue weighted by atomic mass is 16.5. The molecule has 1 aromatic heterocycles. The Kier molecular flexibility index (Phi) is 6.24. The van der Waals surface area contributed by atoms with Crippen LogP contribution < -0.4 is 15.0 Å². The van der Waals surface area contributed by atoms with E-state index in [9.17, 15) is 5.21 Å². The lowest BCUT2D eigenvalue weighted by Gasteiger charge is -2.09. The second kappa shape index (κ2) is 9.01. The van der Waals surface area contributed by atoms with Crippen molar-refractivity contribution in [3.8, 4) is 17.4 Å². The van der Waals surface area contributed by atoms with E-state index in [4.69, 9.17) is 9.47 Å². The average molecular weight is 377 g/mol. The molecule has 3 aromatic rings. The third-order valence-corrected chi connectivity index (χ3v) is 4.13. The van der Waals surface area contributed by atoms with Crippen LogP contribution in [0, 0.1) is 13.8 Å². The zero-order chi connectivity index (χ0) is 19.9. The molecule has 3 rings (SSSR count). The molecule has 0 aliphatic rings. The maximum Gasteiger partial charge on any atom is 0.219 e. The molecule has 0 amide bonds. The number of aliphatic imine (C=N–C) groups is 1. The number of pyridine rings is 1. The topological polar surface area (TPSA) is 76.0 Å². The van der Waals surface area contributed by atoms with E-state index in [0.29, 0.717) is 23.8 Å². The number of ether oxygens (including phenoxy) is 2. The van der Waals surface area contributed by atoms with Crippen LogP contribution in [0.5, 0.6) is 17.4 Å². The van der Waals surface area contributed by atoms with Crippen molar-refractivity contribution in [3.63, 3.8) is 0 Å². The molecule has 0 radical (unpaired) electrons. The predicted molar refractivity (Wildman–Crippen MR) is 108 cm³/mol. The lowest BCUT2D eigenvalue weighted by Crippen LogP contribution is -2.20. The number of para-hydroxylation sites is 1. The van der Waals surface area contributed by atoms with Gasteiger partial charge >= 0.3 is 0 Å². The summed E-state index contributed by atoms with van der Waals surface area (Å²) in [5, 5.41) is 9.48. The van der Waals surface area contributed by atoms with Crippen molar-refractivity contribution in [3.05, 3.63) is 83.0 Å². The second-order valence-corrected chi connectivity index (χ2v) is 6.40. The van der Waals surface area contributed by atoms with Crippen LogP contribution in [0.4, 0.5) is 0 Å². The highest BCUT2D eigenvalue weighted by Gasteiger charge is 2.07. The van der Waals surface area contributed by atoms with Crippen molar-refractivity contribution >= 4 is 5.84 Å². The molecule has 0 spiro atoms. The molecule has 0 atom stereocenters. The normalized spacial score (nSPS) is 11.2. The Hall–Kier alpha value is -3.38. The summed E-state index contributed by atoms with van der Waals surface area (Å²) in [4.78, 5) is 8.73. The van der Waals surface area contributed by atoms with Crippen LogP contribution >= 0.6 is 0 Å². The number of nitrogens with zero attached hydrogens (tertiary/aromatic N) is 2. The van der Waals surface area contributed by atoms with Crippen molar-refractivity contribution in [2.75, 3.05) is 7.11 Å². The Morgan fingerprint density at radius 2 is 1.82 bits per heavy atom. The first-order valence-electron chi connectivity index (χ1n) is 8.88. The van der Waals surface area contributed by atoms with Gasteiger partial charge in [-0.15, -0.1) is 0 Å². The molecule has 1 heterocycles. The van der Waals surface area contributed by atoms with Crippen LogP contribution in [-0.2, 0) is 6.54 Å². The molecule has 28 heavy (non-hydrogen) atoms. The Labute approximate surface area is 164 Å². The van der Waals surface area contributed by atoms with E-state index in [-0.39, 0.29) is 0 Å². The third kappa shape index (κ3) is 4.86. The summed E-state index contributed by atoms with van der Waals surface area (Å²) in [5.74, 6) is 2.27. The molecule has 0 fully saturated rings. The maximum atomic E-state index is 9.48. The number of hydrogen-bond donors (Lipinski definition) is 2. The summed E-state index contributed by atoms with van der Waals surface area (Å²) in [6.07, 6.45) is 1.60. The summed E-state index contributed by atoms with van der Waals surface area (Å²) in [5.41, 5.74) is 5.95. The molecule has 0 saturated heterocycles. The predicted octanol–water partition coefficient (Wildman–Crippen LogP) is 4.42.